The lowest BCUT2D eigenvalue weighted by molar-refractivity contribution is -0.128. The number of anilines is 1. The summed E-state index contributed by atoms with van der Waals surface area (Å²) in [5.41, 5.74) is 6.01. The highest BCUT2D eigenvalue weighted by molar-refractivity contribution is 5.94. The van der Waals surface area contributed by atoms with Crippen molar-refractivity contribution in [3.8, 4) is 11.5 Å². The molecule has 0 bridgehead atoms. The summed E-state index contributed by atoms with van der Waals surface area (Å²) in [5, 5.41) is 1.20. The van der Waals surface area contributed by atoms with Gasteiger partial charge in [-0.2, -0.15) is 0 Å². The number of ether oxygens (including phenoxy) is 2. The number of para-hydroxylation sites is 1. The van der Waals surface area contributed by atoms with Crippen LogP contribution in [0.5, 0.6) is 11.5 Å². The molecule has 0 saturated carbocycles. The number of carbonyl (C=O) groups is 2. The molecule has 0 aliphatic carbocycles. The molecule has 186 valence electrons. The Labute approximate surface area is 214 Å². The topological polar surface area (TPSA) is 74.9 Å². The molecule has 4 aromatic rings. The van der Waals surface area contributed by atoms with Crippen LogP contribution < -0.4 is 14.4 Å². The number of benzene rings is 3. The van der Waals surface area contributed by atoms with Crippen LogP contribution in [-0.4, -0.2) is 42.1 Å². The van der Waals surface area contributed by atoms with Crippen molar-refractivity contribution < 1.29 is 19.1 Å². The molecule has 2 aliphatic heterocycles. The summed E-state index contributed by atoms with van der Waals surface area (Å²) < 4.78 is 11.2. The number of rotatable bonds is 4. The molecule has 0 saturated heterocycles. The summed E-state index contributed by atoms with van der Waals surface area (Å²) in [6.45, 7) is 2.33. The van der Waals surface area contributed by atoms with Crippen LogP contribution in [0, 0.1) is 0 Å². The summed E-state index contributed by atoms with van der Waals surface area (Å²) in [4.78, 5) is 32.3. The average Bonchev–Trinajstić information content (AvgIpc) is 3.55. The lowest BCUT2D eigenvalue weighted by atomic mass is 9.92. The maximum absolute atomic E-state index is 13.6. The van der Waals surface area contributed by atoms with Gasteiger partial charge in [0.1, 0.15) is 0 Å². The molecule has 37 heavy (non-hydrogen) atoms. The number of hydrogen-bond acceptors (Lipinski definition) is 4. The van der Waals surface area contributed by atoms with E-state index in [9.17, 15) is 9.59 Å². The van der Waals surface area contributed by atoms with Crippen molar-refractivity contribution >= 4 is 34.5 Å². The number of aromatic nitrogens is 1. The van der Waals surface area contributed by atoms with Crippen molar-refractivity contribution in [3.63, 3.8) is 0 Å². The van der Waals surface area contributed by atoms with E-state index in [-0.39, 0.29) is 24.6 Å². The Hall–Kier alpha value is -4.52. The van der Waals surface area contributed by atoms with Crippen molar-refractivity contribution in [2.45, 2.75) is 19.4 Å². The van der Waals surface area contributed by atoms with Crippen LogP contribution in [0.2, 0.25) is 0 Å². The first kappa shape index (κ1) is 22.9. The van der Waals surface area contributed by atoms with Gasteiger partial charge in [0.05, 0.1) is 6.04 Å². The van der Waals surface area contributed by atoms with Crippen molar-refractivity contribution in [2.75, 3.05) is 25.3 Å². The van der Waals surface area contributed by atoms with Gasteiger partial charge in [0.2, 0.25) is 18.6 Å². The second-order valence-corrected chi connectivity index (χ2v) is 9.36. The maximum atomic E-state index is 13.6. The number of hydrogen-bond donors (Lipinski definition) is 1. The van der Waals surface area contributed by atoms with E-state index in [0.29, 0.717) is 18.0 Å². The minimum absolute atomic E-state index is 0.0329. The number of nitrogens with one attached hydrogen (secondary N) is 1. The van der Waals surface area contributed by atoms with E-state index in [0.717, 1.165) is 34.4 Å². The first-order chi connectivity index (χ1) is 18.0. The fourth-order valence-electron chi connectivity index (χ4n) is 5.16. The Bertz CT molecular complexity index is 1540. The van der Waals surface area contributed by atoms with E-state index in [1.165, 1.54) is 17.9 Å². The second kappa shape index (κ2) is 9.17. The summed E-state index contributed by atoms with van der Waals surface area (Å²) >= 11 is 0. The van der Waals surface area contributed by atoms with Gasteiger partial charge in [0, 0.05) is 48.9 Å². The molecule has 0 fully saturated rings. The molecule has 1 atom stereocenters. The smallest absolute Gasteiger partial charge is 0.247 e. The van der Waals surface area contributed by atoms with E-state index < -0.39 is 0 Å². The molecule has 0 spiro atoms. The molecule has 1 unspecified atom stereocenters. The SMILES string of the molecule is CC(=O)N(C)c1ccc(/C=C/C(=O)N2CCc3c([nH]c4ccccc34)C2c2ccc3c(c2)OCO3)cc1. The Morgan fingerprint density at radius 2 is 1.81 bits per heavy atom. The van der Waals surface area contributed by atoms with E-state index in [2.05, 4.69) is 17.1 Å². The Morgan fingerprint density at radius 1 is 1.03 bits per heavy atom. The lowest BCUT2D eigenvalue weighted by Crippen LogP contribution is -2.39. The van der Waals surface area contributed by atoms with Gasteiger partial charge >= 0.3 is 0 Å². The largest absolute Gasteiger partial charge is 0.454 e. The normalized spacial score (nSPS) is 16.3. The molecule has 0 radical (unpaired) electrons. The van der Waals surface area contributed by atoms with Crippen LogP contribution in [0.3, 0.4) is 0 Å². The molecule has 7 heteroatoms. The minimum Gasteiger partial charge on any atom is -0.454 e. The molecule has 1 aromatic heterocycles. The van der Waals surface area contributed by atoms with Gasteiger partial charge in [-0.15, -0.1) is 0 Å². The molecule has 1 N–H and O–H groups in total. The Morgan fingerprint density at radius 3 is 2.62 bits per heavy atom. The Kier molecular flexibility index (Phi) is 5.68. The molecule has 2 aliphatic rings. The molecule has 6 rings (SSSR count). The highest BCUT2D eigenvalue weighted by atomic mass is 16.7. The zero-order valence-electron chi connectivity index (χ0n) is 20.7. The average molecular weight is 494 g/mol. The van der Waals surface area contributed by atoms with Crippen molar-refractivity contribution in [3.05, 3.63) is 95.2 Å². The minimum atomic E-state index is -0.283. The van der Waals surface area contributed by atoms with Gasteiger partial charge in [-0.05, 0) is 59.5 Å². The van der Waals surface area contributed by atoms with Gasteiger partial charge in [-0.3, -0.25) is 9.59 Å². The van der Waals surface area contributed by atoms with Gasteiger partial charge in [-0.25, -0.2) is 0 Å². The monoisotopic (exact) mass is 493 g/mol. The van der Waals surface area contributed by atoms with Crippen LogP contribution in [0.4, 0.5) is 5.69 Å². The summed E-state index contributed by atoms with van der Waals surface area (Å²) in [7, 11) is 1.74. The number of fused-ring (bicyclic) bond motifs is 4. The summed E-state index contributed by atoms with van der Waals surface area (Å²) in [6.07, 6.45) is 4.21. The predicted octanol–water partition coefficient (Wildman–Crippen LogP) is 5.07. The first-order valence-corrected chi connectivity index (χ1v) is 12.3. The number of nitrogens with zero attached hydrogens (tertiary/aromatic N) is 2. The first-order valence-electron chi connectivity index (χ1n) is 12.3. The van der Waals surface area contributed by atoms with Crippen LogP contribution in [-0.2, 0) is 16.0 Å². The summed E-state index contributed by atoms with van der Waals surface area (Å²) in [5.74, 6) is 1.30. The highest BCUT2D eigenvalue weighted by Gasteiger charge is 2.34. The number of aromatic amines is 1. The van der Waals surface area contributed by atoms with Crippen molar-refractivity contribution in [1.29, 1.82) is 0 Å². The van der Waals surface area contributed by atoms with Crippen LogP contribution in [0.1, 0.15) is 35.3 Å². The fraction of sp³-hybridized carbons (Fsp3) is 0.200. The van der Waals surface area contributed by atoms with Gasteiger partial charge in [-0.1, -0.05) is 36.4 Å². The standard InChI is InChI=1S/C30H27N3O4/c1-19(34)32(2)22-11-7-20(8-12-22)9-14-28(35)33-16-15-24-23-5-3-4-6-25(23)31-29(24)30(33)21-10-13-26-27(17-21)37-18-36-26/h3-14,17,30-31H,15-16,18H2,1-2H3/b14-9+. The van der Waals surface area contributed by atoms with E-state index >= 15 is 0 Å². The molecular weight excluding hydrogens is 466 g/mol. The zero-order chi connectivity index (χ0) is 25.5. The van der Waals surface area contributed by atoms with Gasteiger partial charge in [0.15, 0.2) is 11.5 Å². The fourth-order valence-corrected chi connectivity index (χ4v) is 5.16. The maximum Gasteiger partial charge on any atom is 0.247 e. The number of carbonyl (C=O) groups excluding carboxylic acids is 2. The quantitative estimate of drug-likeness (QED) is 0.403. The molecule has 3 aromatic carbocycles. The van der Waals surface area contributed by atoms with Crippen LogP contribution >= 0.6 is 0 Å². The number of amides is 2. The molecular formula is C30H27N3O4. The number of H-pyrrole nitrogens is 1. The van der Waals surface area contributed by atoms with E-state index in [4.69, 9.17) is 9.47 Å². The third-order valence-electron chi connectivity index (χ3n) is 7.20. The van der Waals surface area contributed by atoms with Crippen molar-refractivity contribution in [2.24, 2.45) is 0 Å². The second-order valence-electron chi connectivity index (χ2n) is 9.36. The zero-order valence-corrected chi connectivity index (χ0v) is 20.7. The van der Waals surface area contributed by atoms with Gasteiger partial charge in [0.25, 0.3) is 0 Å². The molecule has 7 nitrogen and oxygen atoms in total. The third kappa shape index (κ3) is 4.12. The van der Waals surface area contributed by atoms with Gasteiger partial charge < -0.3 is 24.3 Å². The third-order valence-corrected chi connectivity index (χ3v) is 7.20. The predicted molar refractivity (Wildman–Crippen MR) is 143 cm³/mol. The lowest BCUT2D eigenvalue weighted by Gasteiger charge is -2.35. The molecule has 3 heterocycles. The van der Waals surface area contributed by atoms with Crippen LogP contribution in [0.25, 0.3) is 17.0 Å². The Balaban J connectivity index is 1.34. The van der Waals surface area contributed by atoms with E-state index in [1.807, 2.05) is 65.6 Å². The van der Waals surface area contributed by atoms with E-state index in [1.54, 1.807) is 18.0 Å². The van der Waals surface area contributed by atoms with Crippen LogP contribution in [0.15, 0.2) is 72.8 Å². The van der Waals surface area contributed by atoms with Crippen molar-refractivity contribution in [1.82, 2.24) is 9.88 Å². The summed E-state index contributed by atoms with van der Waals surface area (Å²) in [6, 6.07) is 21.4. The molecule has 2 amide bonds. The highest BCUT2D eigenvalue weighted by Crippen LogP contribution is 2.42.